The van der Waals surface area contributed by atoms with Crippen LogP contribution in [0.3, 0.4) is 0 Å². The molecule has 1 aliphatic rings. The summed E-state index contributed by atoms with van der Waals surface area (Å²) < 4.78 is 9.50. The van der Waals surface area contributed by atoms with E-state index in [9.17, 15) is 4.39 Å². The first kappa shape index (κ1) is 33.8. The fraction of sp³-hybridized carbons (Fsp3) is 0.405. The third kappa shape index (κ3) is 12.4. The van der Waals surface area contributed by atoms with Gasteiger partial charge in [0.25, 0.3) is 0 Å². The molecule has 1 saturated heterocycles. The molecule has 2 N–H and O–H groups in total. The first-order chi connectivity index (χ1) is 19.7. The van der Waals surface area contributed by atoms with Crippen LogP contribution >= 0.6 is 0 Å². The van der Waals surface area contributed by atoms with Gasteiger partial charge in [-0.15, -0.1) is 6.58 Å². The zero-order valence-corrected chi connectivity index (χ0v) is 26.2. The van der Waals surface area contributed by atoms with Gasteiger partial charge < -0.3 is 15.5 Å². The Kier molecular flexibility index (Phi) is 15.0. The maximum Gasteiger partial charge on any atom is 0.0947 e. The van der Waals surface area contributed by atoms with Gasteiger partial charge in [-0.25, -0.2) is 0 Å². The van der Waals surface area contributed by atoms with E-state index in [1.807, 2.05) is 13.8 Å². The fourth-order valence-electron chi connectivity index (χ4n) is 5.03. The minimum absolute atomic E-state index is 0.372. The quantitative estimate of drug-likeness (QED) is 0.244. The average Bonchev–Trinajstić information content (AvgIpc) is 2.97. The monoisotopic (exact) mass is 557 g/mol. The van der Waals surface area contributed by atoms with E-state index in [1.54, 1.807) is 0 Å². The second-order valence-corrected chi connectivity index (χ2v) is 11.6. The van der Waals surface area contributed by atoms with Crippen LogP contribution in [-0.4, -0.2) is 24.7 Å². The number of allylic oxidation sites excluding steroid dienone is 1. The molecule has 1 aliphatic heterocycles. The number of hydrogen-bond donors (Lipinski definition) is 2. The number of nitrogens with one attached hydrogen (secondary N) is 2. The molecule has 3 nitrogen and oxygen atoms in total. The summed E-state index contributed by atoms with van der Waals surface area (Å²) in [4.78, 5) is 2.49. The van der Waals surface area contributed by atoms with Crippen molar-refractivity contribution in [2.75, 3.05) is 13.7 Å². The number of aryl methyl sites for hydroxylation is 1. The Hall–Kier alpha value is -3.37. The molecule has 2 unspecified atom stereocenters. The van der Waals surface area contributed by atoms with Crippen molar-refractivity contribution < 1.29 is 4.39 Å². The summed E-state index contributed by atoms with van der Waals surface area (Å²) in [6.07, 6.45) is 3.31. The maximum atomic E-state index is 9.50. The van der Waals surface area contributed by atoms with E-state index >= 15 is 0 Å². The van der Waals surface area contributed by atoms with Crippen molar-refractivity contribution in [2.45, 2.75) is 79.1 Å². The summed E-state index contributed by atoms with van der Waals surface area (Å²) in [7, 11) is 0.500. The number of benzene rings is 3. The van der Waals surface area contributed by atoms with Gasteiger partial charge >= 0.3 is 0 Å². The van der Waals surface area contributed by atoms with E-state index in [1.165, 1.54) is 33.4 Å². The fourth-order valence-corrected chi connectivity index (χ4v) is 5.03. The molecule has 222 valence electrons. The van der Waals surface area contributed by atoms with E-state index in [-0.39, 0.29) is 0 Å². The maximum absolute atomic E-state index is 9.50. The second kappa shape index (κ2) is 18.1. The lowest BCUT2D eigenvalue weighted by atomic mass is 9.92. The SMILES string of the molecule is C=C(C)C.C=C(NCc1ccc(CC(C)C)cc1)N(Cc1ccc(C)cc1)C1CCNC(c2ccccc2)C1.CF. The molecule has 1 fully saturated rings. The highest BCUT2D eigenvalue weighted by molar-refractivity contribution is 5.25. The molecular formula is C37H52FN3. The average molecular weight is 558 g/mol. The molecule has 0 saturated carbocycles. The van der Waals surface area contributed by atoms with Crippen LogP contribution in [0.1, 0.15) is 74.4 Å². The Morgan fingerprint density at radius 1 is 0.902 bits per heavy atom. The van der Waals surface area contributed by atoms with Crippen LogP contribution in [-0.2, 0) is 19.5 Å². The van der Waals surface area contributed by atoms with Crippen LogP contribution in [0, 0.1) is 12.8 Å². The smallest absolute Gasteiger partial charge is 0.0947 e. The van der Waals surface area contributed by atoms with Gasteiger partial charge in [-0.05, 0) is 74.8 Å². The zero-order valence-electron chi connectivity index (χ0n) is 26.2. The van der Waals surface area contributed by atoms with E-state index in [0.717, 1.165) is 44.7 Å². The minimum Gasteiger partial charge on any atom is -0.368 e. The van der Waals surface area contributed by atoms with Crippen LogP contribution in [0.15, 0.2) is 103 Å². The molecule has 3 aromatic carbocycles. The zero-order chi connectivity index (χ0) is 30.2. The topological polar surface area (TPSA) is 27.3 Å². The normalized spacial score (nSPS) is 16.0. The van der Waals surface area contributed by atoms with Gasteiger partial charge in [0.15, 0.2) is 0 Å². The number of halogens is 1. The van der Waals surface area contributed by atoms with E-state index in [4.69, 9.17) is 0 Å². The summed E-state index contributed by atoms with van der Waals surface area (Å²) in [6, 6.07) is 29.6. The summed E-state index contributed by atoms with van der Waals surface area (Å²) in [5.41, 5.74) is 7.86. The predicted molar refractivity (Wildman–Crippen MR) is 175 cm³/mol. The number of alkyl halides is 1. The van der Waals surface area contributed by atoms with E-state index < -0.39 is 0 Å². The highest BCUT2D eigenvalue weighted by atomic mass is 19.1. The Morgan fingerprint density at radius 2 is 1.46 bits per heavy atom. The molecule has 0 radical (unpaired) electrons. The highest BCUT2D eigenvalue weighted by Gasteiger charge is 2.28. The van der Waals surface area contributed by atoms with Crippen LogP contribution in [0.5, 0.6) is 0 Å². The van der Waals surface area contributed by atoms with Gasteiger partial charge in [0, 0.05) is 25.2 Å². The summed E-state index contributed by atoms with van der Waals surface area (Å²) in [6.45, 7) is 21.4. The Labute approximate surface area is 249 Å². The first-order valence-electron chi connectivity index (χ1n) is 14.8. The second-order valence-electron chi connectivity index (χ2n) is 11.6. The number of nitrogens with zero attached hydrogens (tertiary/aromatic N) is 1. The van der Waals surface area contributed by atoms with Crippen LogP contribution in [0.4, 0.5) is 4.39 Å². The Morgan fingerprint density at radius 3 is 2.05 bits per heavy atom. The third-order valence-corrected chi connectivity index (χ3v) is 7.00. The molecule has 4 heteroatoms. The van der Waals surface area contributed by atoms with E-state index in [0.29, 0.717) is 25.2 Å². The molecule has 4 rings (SSSR count). The molecule has 0 spiro atoms. The number of rotatable bonds is 10. The molecule has 3 aromatic rings. The lowest BCUT2D eigenvalue weighted by Gasteiger charge is -2.40. The van der Waals surface area contributed by atoms with Crippen molar-refractivity contribution in [1.29, 1.82) is 0 Å². The number of piperidine rings is 1. The van der Waals surface area contributed by atoms with Crippen LogP contribution in [0.25, 0.3) is 0 Å². The van der Waals surface area contributed by atoms with Crippen molar-refractivity contribution in [1.82, 2.24) is 15.5 Å². The summed E-state index contributed by atoms with van der Waals surface area (Å²) in [5.74, 6) is 1.69. The Bertz CT molecular complexity index is 1150. The lowest BCUT2D eigenvalue weighted by Crippen LogP contribution is -2.45. The molecule has 1 heterocycles. The molecular weight excluding hydrogens is 505 g/mol. The molecule has 41 heavy (non-hydrogen) atoms. The summed E-state index contributed by atoms with van der Waals surface area (Å²) in [5, 5.41) is 7.38. The van der Waals surface area contributed by atoms with Gasteiger partial charge in [-0.1, -0.05) is 110 Å². The standard InChI is InChI=1S/C32H41N3.C4H8.CH3F/c1-24(2)20-27-14-16-28(17-15-27)22-34-26(4)35(23-29-12-10-25(3)11-13-29)31-18-19-33-32(21-31)30-8-6-5-7-9-30;1-4(2)3;1-2/h5-17,24,31-34H,4,18-23H2,1-3H3;1H2,2-3H3;1H3. The van der Waals surface area contributed by atoms with Crippen molar-refractivity contribution in [2.24, 2.45) is 5.92 Å². The molecule has 0 aromatic heterocycles. The molecule has 0 aliphatic carbocycles. The van der Waals surface area contributed by atoms with Crippen molar-refractivity contribution in [3.63, 3.8) is 0 Å². The first-order valence-corrected chi connectivity index (χ1v) is 14.8. The Balaban J connectivity index is 0.000000902. The van der Waals surface area contributed by atoms with Crippen LogP contribution in [0.2, 0.25) is 0 Å². The van der Waals surface area contributed by atoms with Crippen molar-refractivity contribution >= 4 is 0 Å². The lowest BCUT2D eigenvalue weighted by molar-refractivity contribution is 0.166. The third-order valence-electron chi connectivity index (χ3n) is 7.00. The van der Waals surface area contributed by atoms with Crippen LogP contribution < -0.4 is 10.6 Å². The van der Waals surface area contributed by atoms with Gasteiger partial charge in [0.2, 0.25) is 0 Å². The predicted octanol–water partition coefficient (Wildman–Crippen LogP) is 8.92. The highest BCUT2D eigenvalue weighted by Crippen LogP contribution is 2.29. The van der Waals surface area contributed by atoms with Crippen molar-refractivity contribution in [3.8, 4) is 0 Å². The van der Waals surface area contributed by atoms with E-state index in [2.05, 4.69) is 128 Å². The molecule has 2 atom stereocenters. The van der Waals surface area contributed by atoms with Crippen molar-refractivity contribution in [3.05, 3.63) is 131 Å². The van der Waals surface area contributed by atoms with Gasteiger partial charge in [0.1, 0.15) is 0 Å². The minimum atomic E-state index is 0.372. The molecule has 0 bridgehead atoms. The molecule has 0 amide bonds. The number of hydrogen-bond acceptors (Lipinski definition) is 3. The van der Waals surface area contributed by atoms with Gasteiger partial charge in [-0.2, -0.15) is 0 Å². The van der Waals surface area contributed by atoms with Gasteiger partial charge in [-0.3, -0.25) is 4.39 Å². The largest absolute Gasteiger partial charge is 0.368 e. The van der Waals surface area contributed by atoms with Gasteiger partial charge in [0.05, 0.1) is 13.0 Å². The summed E-state index contributed by atoms with van der Waals surface area (Å²) >= 11 is 0.